The first-order chi connectivity index (χ1) is 12.7. The molecule has 0 aliphatic heterocycles. The third-order valence-corrected chi connectivity index (χ3v) is 4.19. The SMILES string of the molecule is Cc1ccc(C(O)CNCc2ccccc2OCc2ccccn2)cc1. The molecule has 2 aromatic carbocycles. The molecule has 0 amide bonds. The van der Waals surface area contributed by atoms with E-state index in [4.69, 9.17) is 4.74 Å². The van der Waals surface area contributed by atoms with Gasteiger partial charge in [-0.3, -0.25) is 4.98 Å². The minimum atomic E-state index is -0.530. The quantitative estimate of drug-likeness (QED) is 0.650. The van der Waals surface area contributed by atoms with Crippen molar-refractivity contribution >= 4 is 0 Å². The summed E-state index contributed by atoms with van der Waals surface area (Å²) in [7, 11) is 0. The van der Waals surface area contributed by atoms with Gasteiger partial charge < -0.3 is 15.2 Å². The van der Waals surface area contributed by atoms with Crippen molar-refractivity contribution in [3.05, 3.63) is 95.3 Å². The van der Waals surface area contributed by atoms with Gasteiger partial charge >= 0.3 is 0 Å². The number of para-hydroxylation sites is 1. The second-order valence-corrected chi connectivity index (χ2v) is 6.27. The Balaban J connectivity index is 1.54. The first-order valence-electron chi connectivity index (χ1n) is 8.78. The highest BCUT2D eigenvalue weighted by Crippen LogP contribution is 2.19. The van der Waals surface area contributed by atoms with Crippen LogP contribution in [0, 0.1) is 6.92 Å². The van der Waals surface area contributed by atoms with Gasteiger partial charge in [0.05, 0.1) is 11.8 Å². The van der Waals surface area contributed by atoms with Crippen LogP contribution in [0.3, 0.4) is 0 Å². The summed E-state index contributed by atoms with van der Waals surface area (Å²) in [6.45, 7) is 3.58. The van der Waals surface area contributed by atoms with Gasteiger partial charge in [-0.1, -0.05) is 54.1 Å². The summed E-state index contributed by atoms with van der Waals surface area (Å²) < 4.78 is 5.91. The highest BCUT2D eigenvalue weighted by molar-refractivity contribution is 5.33. The van der Waals surface area contributed by atoms with Crippen LogP contribution in [-0.4, -0.2) is 16.6 Å². The second kappa shape index (κ2) is 9.13. The highest BCUT2D eigenvalue weighted by atomic mass is 16.5. The Bertz CT molecular complexity index is 804. The number of hydrogen-bond donors (Lipinski definition) is 2. The summed E-state index contributed by atoms with van der Waals surface area (Å²) in [4.78, 5) is 4.27. The van der Waals surface area contributed by atoms with Crippen LogP contribution >= 0.6 is 0 Å². The third kappa shape index (κ3) is 5.15. The van der Waals surface area contributed by atoms with Gasteiger partial charge in [-0.2, -0.15) is 0 Å². The molecule has 3 rings (SSSR count). The number of benzene rings is 2. The van der Waals surface area contributed by atoms with Gasteiger partial charge in [-0.05, 0) is 30.7 Å². The van der Waals surface area contributed by atoms with Gasteiger partial charge in [0.1, 0.15) is 12.4 Å². The maximum absolute atomic E-state index is 10.3. The number of pyridine rings is 1. The van der Waals surface area contributed by atoms with E-state index in [1.165, 1.54) is 5.56 Å². The summed E-state index contributed by atoms with van der Waals surface area (Å²) in [5, 5.41) is 13.6. The van der Waals surface area contributed by atoms with Crippen molar-refractivity contribution < 1.29 is 9.84 Å². The highest BCUT2D eigenvalue weighted by Gasteiger charge is 2.08. The molecule has 1 atom stereocenters. The molecule has 3 aromatic rings. The van der Waals surface area contributed by atoms with E-state index in [9.17, 15) is 5.11 Å². The summed E-state index contributed by atoms with van der Waals surface area (Å²) in [5.41, 5.74) is 4.06. The minimum absolute atomic E-state index is 0.434. The molecule has 0 fully saturated rings. The lowest BCUT2D eigenvalue weighted by atomic mass is 10.1. The van der Waals surface area contributed by atoms with Gasteiger partial charge in [0, 0.05) is 24.8 Å². The normalized spacial score (nSPS) is 11.9. The molecule has 1 heterocycles. The maximum Gasteiger partial charge on any atom is 0.130 e. The average molecular weight is 348 g/mol. The molecule has 1 aromatic heterocycles. The smallest absolute Gasteiger partial charge is 0.130 e. The number of nitrogens with one attached hydrogen (secondary N) is 1. The van der Waals surface area contributed by atoms with E-state index in [1.54, 1.807) is 6.20 Å². The number of ether oxygens (including phenoxy) is 1. The summed E-state index contributed by atoms with van der Waals surface area (Å²) >= 11 is 0. The number of aryl methyl sites for hydroxylation is 1. The number of hydrogen-bond acceptors (Lipinski definition) is 4. The molecular formula is C22H24N2O2. The Morgan fingerprint density at radius 2 is 1.77 bits per heavy atom. The molecular weight excluding hydrogens is 324 g/mol. The number of rotatable bonds is 8. The van der Waals surface area contributed by atoms with Crippen LogP contribution in [0.2, 0.25) is 0 Å². The van der Waals surface area contributed by atoms with Crippen molar-refractivity contribution in [3.63, 3.8) is 0 Å². The van der Waals surface area contributed by atoms with Crippen LogP contribution in [-0.2, 0) is 13.2 Å². The Morgan fingerprint density at radius 3 is 2.54 bits per heavy atom. The molecule has 0 saturated heterocycles. The fraction of sp³-hybridized carbons (Fsp3) is 0.227. The first kappa shape index (κ1) is 18.1. The van der Waals surface area contributed by atoms with E-state index in [-0.39, 0.29) is 0 Å². The lowest BCUT2D eigenvalue weighted by Gasteiger charge is -2.15. The molecule has 0 bridgehead atoms. The van der Waals surface area contributed by atoms with E-state index >= 15 is 0 Å². The fourth-order valence-electron chi connectivity index (χ4n) is 2.68. The molecule has 0 spiro atoms. The molecule has 0 radical (unpaired) electrons. The topological polar surface area (TPSA) is 54.4 Å². The first-order valence-corrected chi connectivity index (χ1v) is 8.78. The number of aromatic nitrogens is 1. The van der Waals surface area contributed by atoms with Crippen molar-refractivity contribution in [3.8, 4) is 5.75 Å². The number of aliphatic hydroxyl groups is 1. The van der Waals surface area contributed by atoms with Crippen LogP contribution in [0.15, 0.2) is 72.9 Å². The molecule has 2 N–H and O–H groups in total. The molecule has 4 nitrogen and oxygen atoms in total. The Hall–Kier alpha value is -2.69. The molecule has 0 aliphatic carbocycles. The summed E-state index contributed by atoms with van der Waals surface area (Å²) in [6.07, 6.45) is 1.23. The van der Waals surface area contributed by atoms with Crippen LogP contribution in [0.25, 0.3) is 0 Å². The minimum Gasteiger partial charge on any atom is -0.487 e. The Kier molecular flexibility index (Phi) is 6.36. The molecule has 1 unspecified atom stereocenters. The van der Waals surface area contributed by atoms with E-state index in [1.807, 2.05) is 73.7 Å². The van der Waals surface area contributed by atoms with Gasteiger partial charge in [0.15, 0.2) is 0 Å². The molecule has 26 heavy (non-hydrogen) atoms. The van der Waals surface area contributed by atoms with Crippen molar-refractivity contribution in [1.29, 1.82) is 0 Å². The van der Waals surface area contributed by atoms with Gasteiger partial charge in [0.25, 0.3) is 0 Å². The Morgan fingerprint density at radius 1 is 1.00 bits per heavy atom. The van der Waals surface area contributed by atoms with E-state index in [0.29, 0.717) is 19.7 Å². The fourth-order valence-corrected chi connectivity index (χ4v) is 2.68. The predicted molar refractivity (Wildman–Crippen MR) is 103 cm³/mol. The Labute approximate surface area is 154 Å². The zero-order valence-electron chi connectivity index (χ0n) is 14.9. The van der Waals surface area contributed by atoms with E-state index < -0.39 is 6.10 Å². The van der Waals surface area contributed by atoms with Crippen molar-refractivity contribution in [2.75, 3.05) is 6.54 Å². The lowest BCUT2D eigenvalue weighted by Crippen LogP contribution is -2.21. The number of aliphatic hydroxyl groups excluding tert-OH is 1. The van der Waals surface area contributed by atoms with E-state index in [2.05, 4.69) is 10.3 Å². The standard InChI is InChI=1S/C22H24N2O2/c1-17-9-11-18(12-10-17)21(25)15-23-14-19-6-2-3-8-22(19)26-16-20-7-4-5-13-24-20/h2-13,21,23,25H,14-16H2,1H3. The zero-order valence-corrected chi connectivity index (χ0v) is 14.9. The van der Waals surface area contributed by atoms with Crippen molar-refractivity contribution in [2.24, 2.45) is 0 Å². The predicted octanol–water partition coefficient (Wildman–Crippen LogP) is 3.79. The molecule has 0 aliphatic rings. The van der Waals surface area contributed by atoms with Crippen molar-refractivity contribution in [1.82, 2.24) is 10.3 Å². The largest absolute Gasteiger partial charge is 0.487 e. The molecule has 4 heteroatoms. The van der Waals surface area contributed by atoms with Crippen LogP contribution in [0.5, 0.6) is 5.75 Å². The molecule has 134 valence electrons. The maximum atomic E-state index is 10.3. The van der Waals surface area contributed by atoms with Gasteiger partial charge in [-0.25, -0.2) is 0 Å². The van der Waals surface area contributed by atoms with Crippen LogP contribution < -0.4 is 10.1 Å². The average Bonchev–Trinajstić information content (AvgIpc) is 2.68. The second-order valence-electron chi connectivity index (χ2n) is 6.27. The van der Waals surface area contributed by atoms with Gasteiger partial charge in [0.2, 0.25) is 0 Å². The van der Waals surface area contributed by atoms with E-state index in [0.717, 1.165) is 22.6 Å². The molecule has 0 saturated carbocycles. The monoisotopic (exact) mass is 348 g/mol. The van der Waals surface area contributed by atoms with Gasteiger partial charge in [-0.15, -0.1) is 0 Å². The summed E-state index contributed by atoms with van der Waals surface area (Å²) in [5.74, 6) is 0.829. The third-order valence-electron chi connectivity index (χ3n) is 4.19. The van der Waals surface area contributed by atoms with Crippen molar-refractivity contribution in [2.45, 2.75) is 26.2 Å². The van der Waals surface area contributed by atoms with Crippen LogP contribution in [0.1, 0.15) is 28.5 Å². The van der Waals surface area contributed by atoms with Crippen LogP contribution in [0.4, 0.5) is 0 Å². The number of nitrogens with zero attached hydrogens (tertiary/aromatic N) is 1. The zero-order chi connectivity index (χ0) is 18.2. The summed E-state index contributed by atoms with van der Waals surface area (Å²) in [6, 6.07) is 21.7. The lowest BCUT2D eigenvalue weighted by molar-refractivity contribution is 0.174.